The lowest BCUT2D eigenvalue weighted by molar-refractivity contribution is 0.00990. The van der Waals surface area contributed by atoms with Gasteiger partial charge in [0.1, 0.15) is 17.2 Å². The maximum atomic E-state index is 5.97. The van der Waals surface area contributed by atoms with Crippen LogP contribution in [0.1, 0.15) is 31.7 Å². The zero-order valence-electron chi connectivity index (χ0n) is 19.0. The van der Waals surface area contributed by atoms with E-state index in [9.17, 15) is 0 Å². The molecule has 170 valence electrons. The van der Waals surface area contributed by atoms with Gasteiger partial charge in [0.2, 0.25) is 0 Å². The molecule has 0 aromatic heterocycles. The number of rotatable bonds is 11. The Morgan fingerprint density at radius 2 is 1.70 bits per heavy atom. The fraction of sp³-hybridized carbons (Fsp3) is 0.682. The van der Waals surface area contributed by atoms with Crippen LogP contribution in [0.15, 0.2) is 17.1 Å². The van der Waals surface area contributed by atoms with Gasteiger partial charge in [0.05, 0.1) is 39.5 Å². The monoisotopic (exact) mass is 423 g/mol. The summed E-state index contributed by atoms with van der Waals surface area (Å²) in [5.74, 6) is 2.99. The van der Waals surface area contributed by atoms with Crippen LogP contribution in [0.4, 0.5) is 0 Å². The van der Waals surface area contributed by atoms with Crippen LogP contribution < -0.4 is 19.5 Å². The van der Waals surface area contributed by atoms with Gasteiger partial charge >= 0.3 is 0 Å². The van der Waals surface area contributed by atoms with Gasteiger partial charge in [-0.05, 0) is 26.2 Å². The number of benzene rings is 1. The first kappa shape index (κ1) is 24.1. The third kappa shape index (κ3) is 6.95. The molecule has 1 heterocycles. The van der Waals surface area contributed by atoms with E-state index in [4.69, 9.17) is 28.7 Å². The maximum absolute atomic E-state index is 5.97. The van der Waals surface area contributed by atoms with Crippen molar-refractivity contribution in [3.05, 3.63) is 17.7 Å². The molecule has 0 bridgehead atoms. The molecule has 0 unspecified atom stereocenters. The number of hydrogen-bond acceptors (Lipinski definition) is 6. The Morgan fingerprint density at radius 3 is 2.23 bits per heavy atom. The first-order valence-electron chi connectivity index (χ1n) is 10.6. The molecule has 0 saturated carbocycles. The second-order valence-electron chi connectivity index (χ2n) is 7.08. The van der Waals surface area contributed by atoms with Crippen LogP contribution in [0.25, 0.3) is 0 Å². The molecule has 2 rings (SSSR count). The van der Waals surface area contributed by atoms with Crippen LogP contribution in [0.5, 0.6) is 17.2 Å². The smallest absolute Gasteiger partial charge is 0.194 e. The molecule has 8 heteroatoms. The minimum absolute atomic E-state index is 0.308. The average Bonchev–Trinajstić information content (AvgIpc) is 2.79. The summed E-state index contributed by atoms with van der Waals surface area (Å²) in [6.45, 7) is 6.67. The Hall–Kier alpha value is -2.19. The van der Waals surface area contributed by atoms with E-state index in [1.165, 1.54) is 0 Å². The molecule has 1 aromatic rings. The minimum atomic E-state index is 0.308. The number of nitrogens with zero attached hydrogens (tertiary/aromatic N) is 2. The zero-order chi connectivity index (χ0) is 21.8. The van der Waals surface area contributed by atoms with Crippen molar-refractivity contribution in [3.8, 4) is 17.2 Å². The summed E-state index contributed by atoms with van der Waals surface area (Å²) in [5.41, 5.74) is 0.896. The minimum Gasteiger partial charge on any atom is -0.496 e. The number of methoxy groups -OCH3 is 4. The van der Waals surface area contributed by atoms with Crippen molar-refractivity contribution >= 4 is 5.96 Å². The van der Waals surface area contributed by atoms with Gasteiger partial charge in [-0.3, -0.25) is 0 Å². The molecule has 30 heavy (non-hydrogen) atoms. The molecule has 0 aliphatic carbocycles. The summed E-state index contributed by atoms with van der Waals surface area (Å²) in [7, 11) is 6.63. The van der Waals surface area contributed by atoms with Crippen molar-refractivity contribution in [1.82, 2.24) is 10.2 Å². The molecule has 1 fully saturated rings. The molecule has 1 aromatic carbocycles. The van der Waals surface area contributed by atoms with Crippen molar-refractivity contribution in [2.45, 2.75) is 38.8 Å². The van der Waals surface area contributed by atoms with Crippen molar-refractivity contribution in [1.29, 1.82) is 0 Å². The van der Waals surface area contributed by atoms with Crippen LogP contribution in [0.3, 0.4) is 0 Å². The fourth-order valence-electron chi connectivity index (χ4n) is 3.50. The van der Waals surface area contributed by atoms with Crippen molar-refractivity contribution in [3.63, 3.8) is 0 Å². The summed E-state index contributed by atoms with van der Waals surface area (Å²) in [6, 6.07) is 3.71. The zero-order valence-corrected chi connectivity index (χ0v) is 19.0. The van der Waals surface area contributed by atoms with Crippen molar-refractivity contribution in [2.75, 3.05) is 61.3 Å². The van der Waals surface area contributed by atoms with Gasteiger partial charge in [0.25, 0.3) is 0 Å². The number of aliphatic imine (C=N–C) groups is 1. The lowest BCUT2D eigenvalue weighted by Crippen LogP contribution is -2.47. The SMILES string of the molecule is CCNC(=NCc1c(OC)cc(OC)cc1OC)N1CCC(OCCCOC)CC1. The van der Waals surface area contributed by atoms with E-state index in [1.54, 1.807) is 28.4 Å². The quantitative estimate of drug-likeness (QED) is 0.333. The Bertz CT molecular complexity index is 635. The van der Waals surface area contributed by atoms with Gasteiger partial charge in [-0.25, -0.2) is 4.99 Å². The third-order valence-electron chi connectivity index (χ3n) is 5.13. The maximum Gasteiger partial charge on any atom is 0.194 e. The lowest BCUT2D eigenvalue weighted by atomic mass is 10.1. The molecule has 1 N–H and O–H groups in total. The van der Waals surface area contributed by atoms with Crippen LogP contribution in [-0.4, -0.2) is 78.3 Å². The highest BCUT2D eigenvalue weighted by Crippen LogP contribution is 2.34. The van der Waals surface area contributed by atoms with E-state index >= 15 is 0 Å². The Labute approximate surface area is 180 Å². The molecule has 1 aliphatic rings. The van der Waals surface area contributed by atoms with Crippen molar-refractivity contribution < 1.29 is 23.7 Å². The Balaban J connectivity index is 2.03. The van der Waals surface area contributed by atoms with Crippen LogP contribution >= 0.6 is 0 Å². The van der Waals surface area contributed by atoms with E-state index in [2.05, 4.69) is 17.1 Å². The molecular formula is C22H37N3O5. The predicted octanol–water partition coefficient (Wildman–Crippen LogP) is 2.70. The second-order valence-corrected chi connectivity index (χ2v) is 7.08. The molecule has 0 radical (unpaired) electrons. The highest BCUT2D eigenvalue weighted by atomic mass is 16.5. The first-order chi connectivity index (χ1) is 14.7. The van der Waals surface area contributed by atoms with Crippen LogP contribution in [0, 0.1) is 0 Å². The lowest BCUT2D eigenvalue weighted by Gasteiger charge is -2.34. The number of likely N-dealkylation sites (tertiary alicyclic amines) is 1. The molecule has 0 atom stereocenters. The normalized spacial score (nSPS) is 15.2. The largest absolute Gasteiger partial charge is 0.496 e. The molecule has 8 nitrogen and oxygen atoms in total. The van der Waals surface area contributed by atoms with E-state index in [0.717, 1.165) is 63.6 Å². The Kier molecular flexibility index (Phi) is 10.6. The van der Waals surface area contributed by atoms with E-state index in [0.29, 0.717) is 29.9 Å². The predicted molar refractivity (Wildman–Crippen MR) is 118 cm³/mol. The number of hydrogen-bond donors (Lipinski definition) is 1. The first-order valence-corrected chi connectivity index (χ1v) is 10.6. The fourth-order valence-corrected chi connectivity index (χ4v) is 3.50. The summed E-state index contributed by atoms with van der Waals surface area (Å²) in [5, 5.41) is 3.41. The van der Waals surface area contributed by atoms with Gasteiger partial charge in [-0.2, -0.15) is 0 Å². The topological polar surface area (TPSA) is 73.8 Å². The van der Waals surface area contributed by atoms with Crippen LogP contribution in [-0.2, 0) is 16.0 Å². The summed E-state index contributed by atoms with van der Waals surface area (Å²) >= 11 is 0. The highest BCUT2D eigenvalue weighted by molar-refractivity contribution is 5.80. The number of nitrogens with one attached hydrogen (secondary N) is 1. The van der Waals surface area contributed by atoms with E-state index in [1.807, 2.05) is 12.1 Å². The van der Waals surface area contributed by atoms with Crippen molar-refractivity contribution in [2.24, 2.45) is 4.99 Å². The third-order valence-corrected chi connectivity index (χ3v) is 5.13. The number of guanidine groups is 1. The van der Waals surface area contributed by atoms with Gasteiger partial charge in [-0.15, -0.1) is 0 Å². The summed E-state index contributed by atoms with van der Waals surface area (Å²) in [6.07, 6.45) is 3.23. The van der Waals surface area contributed by atoms with Gasteiger partial charge in [-0.1, -0.05) is 0 Å². The Morgan fingerprint density at radius 1 is 1.03 bits per heavy atom. The molecule has 1 saturated heterocycles. The number of ether oxygens (including phenoxy) is 5. The van der Waals surface area contributed by atoms with Crippen LogP contribution in [0.2, 0.25) is 0 Å². The number of piperidine rings is 1. The van der Waals surface area contributed by atoms with E-state index in [-0.39, 0.29) is 0 Å². The summed E-state index contributed by atoms with van der Waals surface area (Å²) < 4.78 is 27.5. The van der Waals surface area contributed by atoms with Gasteiger partial charge < -0.3 is 33.9 Å². The molecule has 1 aliphatic heterocycles. The van der Waals surface area contributed by atoms with Gasteiger partial charge in [0, 0.05) is 52.1 Å². The highest BCUT2D eigenvalue weighted by Gasteiger charge is 2.22. The van der Waals surface area contributed by atoms with E-state index < -0.39 is 0 Å². The molecule has 0 amide bonds. The van der Waals surface area contributed by atoms with Gasteiger partial charge in [0.15, 0.2) is 5.96 Å². The molecular weight excluding hydrogens is 386 g/mol. The summed E-state index contributed by atoms with van der Waals surface area (Å²) in [4.78, 5) is 7.16. The molecule has 0 spiro atoms. The average molecular weight is 424 g/mol. The second kappa shape index (κ2) is 13.2. The standard InChI is InChI=1S/C22H37N3O5/c1-6-23-22(25-10-8-17(9-11-25)30-13-7-12-26-2)24-16-19-20(28-4)14-18(27-3)15-21(19)29-5/h14-15,17H,6-13,16H2,1-5H3,(H,23,24).